The fourth-order valence-corrected chi connectivity index (χ4v) is 5.10. The summed E-state index contributed by atoms with van der Waals surface area (Å²) in [5, 5.41) is 14.8. The van der Waals surface area contributed by atoms with Gasteiger partial charge in [-0.1, -0.05) is 74.0 Å². The number of ether oxygens (including phenoxy) is 1. The van der Waals surface area contributed by atoms with E-state index in [0.29, 0.717) is 19.3 Å². The van der Waals surface area contributed by atoms with Crippen LogP contribution >= 0.6 is 0 Å². The van der Waals surface area contributed by atoms with E-state index >= 15 is 0 Å². The Hall–Kier alpha value is -3.61. The van der Waals surface area contributed by atoms with Crippen molar-refractivity contribution in [1.82, 2.24) is 10.6 Å². The van der Waals surface area contributed by atoms with Crippen molar-refractivity contribution >= 4 is 18.0 Å². The van der Waals surface area contributed by atoms with E-state index in [9.17, 15) is 14.4 Å². The lowest BCUT2D eigenvalue weighted by molar-refractivity contribution is -0.138. The molecule has 0 aliphatic heterocycles. The van der Waals surface area contributed by atoms with E-state index in [1.807, 2.05) is 43.3 Å². The predicted octanol–water partition coefficient (Wildman–Crippen LogP) is 4.62. The van der Waals surface area contributed by atoms with Crippen LogP contribution in [0.1, 0.15) is 56.1 Å². The molecule has 4 rings (SSSR count). The largest absolute Gasteiger partial charge is 0.481 e. The van der Waals surface area contributed by atoms with Crippen LogP contribution in [0, 0.1) is 5.92 Å². The molecule has 3 unspecified atom stereocenters. The summed E-state index contributed by atoms with van der Waals surface area (Å²) in [6.07, 6.45) is 5.55. The number of benzene rings is 2. The summed E-state index contributed by atoms with van der Waals surface area (Å²) in [6.45, 7) is 2.19. The van der Waals surface area contributed by atoms with Crippen molar-refractivity contribution in [2.75, 3.05) is 6.61 Å². The lowest BCUT2D eigenvalue weighted by Gasteiger charge is -2.26. The normalized spacial score (nSPS) is 19.3. The molecule has 0 saturated carbocycles. The molecule has 2 aromatic rings. The topological polar surface area (TPSA) is 105 Å². The highest BCUT2D eigenvalue weighted by Gasteiger charge is 2.30. The first kappa shape index (κ1) is 24.5. The zero-order valence-corrected chi connectivity index (χ0v) is 19.9. The number of aliphatic carboxylic acids is 1. The van der Waals surface area contributed by atoms with Crippen LogP contribution in [0.5, 0.6) is 0 Å². The van der Waals surface area contributed by atoms with Gasteiger partial charge in [0.1, 0.15) is 6.61 Å². The molecule has 0 radical (unpaired) electrons. The Morgan fingerprint density at radius 3 is 2.34 bits per heavy atom. The predicted molar refractivity (Wildman–Crippen MR) is 133 cm³/mol. The highest BCUT2D eigenvalue weighted by molar-refractivity contribution is 5.81. The van der Waals surface area contributed by atoms with Crippen LogP contribution in [0.2, 0.25) is 0 Å². The molecule has 0 aromatic heterocycles. The maximum Gasteiger partial charge on any atom is 0.407 e. The smallest absolute Gasteiger partial charge is 0.407 e. The summed E-state index contributed by atoms with van der Waals surface area (Å²) in [5.41, 5.74) is 4.65. The van der Waals surface area contributed by atoms with E-state index in [1.54, 1.807) is 0 Å². The highest BCUT2D eigenvalue weighted by Crippen LogP contribution is 2.44. The highest BCUT2D eigenvalue weighted by atomic mass is 16.5. The van der Waals surface area contributed by atoms with Crippen molar-refractivity contribution in [2.45, 2.75) is 57.0 Å². The van der Waals surface area contributed by atoms with Gasteiger partial charge in [0.2, 0.25) is 5.91 Å². The molecule has 2 aliphatic rings. The maximum atomic E-state index is 12.7. The molecule has 0 fully saturated rings. The third-order valence-corrected chi connectivity index (χ3v) is 6.75. The zero-order chi connectivity index (χ0) is 24.8. The summed E-state index contributed by atoms with van der Waals surface area (Å²) < 4.78 is 5.63. The van der Waals surface area contributed by atoms with Crippen LogP contribution in [0.25, 0.3) is 11.1 Å². The van der Waals surface area contributed by atoms with Gasteiger partial charge in [0.05, 0.1) is 12.5 Å². The van der Waals surface area contributed by atoms with Crippen LogP contribution in [0.3, 0.4) is 0 Å². The molecule has 7 nitrogen and oxygen atoms in total. The number of amides is 2. The van der Waals surface area contributed by atoms with Crippen LogP contribution in [0.15, 0.2) is 60.7 Å². The first-order chi connectivity index (χ1) is 17.0. The second-order valence-corrected chi connectivity index (χ2v) is 9.26. The monoisotopic (exact) mass is 476 g/mol. The molecule has 0 spiro atoms. The molecule has 184 valence electrons. The Labute approximate surface area is 205 Å². The standard InChI is InChI=1S/C28H32N2O5/c1-2-8-19(16-26(31)32)29-27(33)18-9-7-10-20(15-18)30-28(34)35-17-25-23-13-5-3-11-21(23)22-12-4-6-14-24(22)25/h3-7,10-14,18-20,25H,2,8-9,15-17H2,1H3,(H,29,33)(H,30,34)(H,31,32). The second-order valence-electron chi connectivity index (χ2n) is 9.26. The minimum Gasteiger partial charge on any atom is -0.481 e. The number of carbonyl (C=O) groups is 3. The number of carboxylic acids is 1. The third kappa shape index (κ3) is 5.91. The molecular weight excluding hydrogens is 444 g/mol. The number of allylic oxidation sites excluding steroid dienone is 1. The van der Waals surface area contributed by atoms with Crippen LogP contribution in [0.4, 0.5) is 4.79 Å². The summed E-state index contributed by atoms with van der Waals surface area (Å²) in [6, 6.07) is 15.6. The first-order valence-electron chi connectivity index (χ1n) is 12.3. The summed E-state index contributed by atoms with van der Waals surface area (Å²) in [7, 11) is 0. The SMILES string of the molecule is CCCC(CC(=O)O)NC(=O)C1CC=CC(NC(=O)OCC2c3ccccc3-c3ccccc32)C1. The Kier molecular flexibility index (Phi) is 7.85. The molecule has 3 atom stereocenters. The number of carboxylic acid groups (broad SMARTS) is 1. The molecule has 0 heterocycles. The quantitative estimate of drug-likeness (QED) is 0.458. The summed E-state index contributed by atoms with van der Waals surface area (Å²) in [4.78, 5) is 36.5. The van der Waals surface area contributed by atoms with Crippen molar-refractivity contribution in [2.24, 2.45) is 5.92 Å². The van der Waals surface area contributed by atoms with E-state index in [1.165, 1.54) is 11.1 Å². The molecule has 2 amide bonds. The summed E-state index contributed by atoms with van der Waals surface area (Å²) >= 11 is 0. The van der Waals surface area contributed by atoms with Crippen molar-refractivity contribution in [3.8, 4) is 11.1 Å². The lowest BCUT2D eigenvalue weighted by atomic mass is 9.90. The third-order valence-electron chi connectivity index (χ3n) is 6.75. The molecular formula is C28H32N2O5. The number of nitrogens with one attached hydrogen (secondary N) is 2. The first-order valence-corrected chi connectivity index (χ1v) is 12.3. The Bertz CT molecular complexity index is 1070. The summed E-state index contributed by atoms with van der Waals surface area (Å²) in [5.74, 6) is -1.44. The van der Waals surface area contributed by atoms with Gasteiger partial charge < -0.3 is 20.5 Å². The van der Waals surface area contributed by atoms with Gasteiger partial charge in [-0.3, -0.25) is 9.59 Å². The van der Waals surface area contributed by atoms with Gasteiger partial charge in [-0.05, 0) is 41.5 Å². The minimum absolute atomic E-state index is 0.0155. The van der Waals surface area contributed by atoms with E-state index in [0.717, 1.165) is 17.5 Å². The van der Waals surface area contributed by atoms with Crippen molar-refractivity contribution < 1.29 is 24.2 Å². The van der Waals surface area contributed by atoms with Crippen LogP contribution < -0.4 is 10.6 Å². The van der Waals surface area contributed by atoms with Gasteiger partial charge in [0.25, 0.3) is 0 Å². The Morgan fingerprint density at radius 2 is 1.71 bits per heavy atom. The van der Waals surface area contributed by atoms with Crippen LogP contribution in [-0.2, 0) is 14.3 Å². The zero-order valence-electron chi connectivity index (χ0n) is 19.9. The average molecular weight is 477 g/mol. The number of hydrogen-bond acceptors (Lipinski definition) is 4. The number of fused-ring (bicyclic) bond motifs is 3. The Balaban J connectivity index is 1.31. The van der Waals surface area contributed by atoms with Gasteiger partial charge >= 0.3 is 12.1 Å². The minimum atomic E-state index is -0.929. The van der Waals surface area contributed by atoms with Gasteiger partial charge in [0.15, 0.2) is 0 Å². The van der Waals surface area contributed by atoms with Gasteiger partial charge in [-0.15, -0.1) is 0 Å². The molecule has 35 heavy (non-hydrogen) atoms. The second kappa shape index (κ2) is 11.2. The molecule has 7 heteroatoms. The number of alkyl carbamates (subject to hydrolysis) is 1. The number of rotatable bonds is 9. The number of hydrogen-bond donors (Lipinski definition) is 3. The average Bonchev–Trinajstić information content (AvgIpc) is 3.16. The lowest BCUT2D eigenvalue weighted by Crippen LogP contribution is -2.44. The van der Waals surface area contributed by atoms with Gasteiger partial charge in [0, 0.05) is 17.9 Å². The molecule has 2 aliphatic carbocycles. The van der Waals surface area contributed by atoms with Crippen molar-refractivity contribution in [3.05, 3.63) is 71.8 Å². The van der Waals surface area contributed by atoms with E-state index in [-0.39, 0.29) is 42.9 Å². The van der Waals surface area contributed by atoms with E-state index in [4.69, 9.17) is 9.84 Å². The molecule has 3 N–H and O–H groups in total. The van der Waals surface area contributed by atoms with Gasteiger partial charge in [-0.2, -0.15) is 0 Å². The maximum absolute atomic E-state index is 12.7. The van der Waals surface area contributed by atoms with E-state index in [2.05, 4.69) is 34.9 Å². The van der Waals surface area contributed by atoms with Crippen molar-refractivity contribution in [1.29, 1.82) is 0 Å². The van der Waals surface area contributed by atoms with Gasteiger partial charge in [-0.25, -0.2) is 4.79 Å². The molecule has 0 bridgehead atoms. The molecule has 0 saturated heterocycles. The fourth-order valence-electron chi connectivity index (χ4n) is 5.10. The van der Waals surface area contributed by atoms with E-state index < -0.39 is 12.1 Å². The molecule has 2 aromatic carbocycles. The number of carbonyl (C=O) groups excluding carboxylic acids is 2. The Morgan fingerprint density at radius 1 is 1.06 bits per heavy atom. The van der Waals surface area contributed by atoms with Crippen molar-refractivity contribution in [3.63, 3.8) is 0 Å². The fraction of sp³-hybridized carbons (Fsp3) is 0.393. The van der Waals surface area contributed by atoms with Crippen LogP contribution in [-0.4, -0.2) is 41.8 Å².